The summed E-state index contributed by atoms with van der Waals surface area (Å²) in [5.41, 5.74) is 1.72. The van der Waals surface area contributed by atoms with Crippen molar-refractivity contribution in [1.82, 2.24) is 0 Å². The minimum atomic E-state index is -3.58. The molecular formula is C24H28O4S. The number of sulfone groups is 1. The number of aromatic hydroxyl groups is 1. The molecule has 0 spiro atoms. The van der Waals surface area contributed by atoms with E-state index in [9.17, 15) is 18.6 Å². The molecule has 3 aliphatic rings. The van der Waals surface area contributed by atoms with E-state index >= 15 is 0 Å². The van der Waals surface area contributed by atoms with Crippen LogP contribution in [0.2, 0.25) is 0 Å². The molecule has 3 aliphatic carbocycles. The zero-order chi connectivity index (χ0) is 20.4. The standard InChI is InChI=1S/C24H28O4S/c1-24-12-11-18-17-8-7-15(25)13-20(17)22(14-19(18)21(24)9-10-23(24)26)29(27,28)16-5-3-2-4-6-16/h2-8,13,18-19,21-23,25-26H,9-12,14H2,1H3/t18-,19-,21+,22?,23+,24+/m1/s1. The third-order valence-corrected chi connectivity index (χ3v) is 10.3. The fraction of sp³-hybridized carbons (Fsp3) is 0.500. The summed E-state index contributed by atoms with van der Waals surface area (Å²) < 4.78 is 27.3. The second-order valence-corrected chi connectivity index (χ2v) is 11.5. The van der Waals surface area contributed by atoms with Gasteiger partial charge in [-0.1, -0.05) is 31.2 Å². The number of hydrogen-bond donors (Lipinski definition) is 2. The molecule has 5 heteroatoms. The summed E-state index contributed by atoms with van der Waals surface area (Å²) in [4.78, 5) is 0.336. The Kier molecular flexibility index (Phi) is 4.34. The Morgan fingerprint density at radius 2 is 1.76 bits per heavy atom. The van der Waals surface area contributed by atoms with Gasteiger partial charge in [-0.15, -0.1) is 0 Å². The fourth-order valence-corrected chi connectivity index (χ4v) is 8.47. The van der Waals surface area contributed by atoms with Crippen molar-refractivity contribution in [3.63, 3.8) is 0 Å². The van der Waals surface area contributed by atoms with E-state index in [0.29, 0.717) is 23.2 Å². The van der Waals surface area contributed by atoms with Gasteiger partial charge in [0, 0.05) is 0 Å². The quantitative estimate of drug-likeness (QED) is 0.757. The van der Waals surface area contributed by atoms with E-state index in [4.69, 9.17) is 0 Å². The van der Waals surface area contributed by atoms with Gasteiger partial charge in [0.15, 0.2) is 9.84 Å². The lowest BCUT2D eigenvalue weighted by Gasteiger charge is -2.51. The summed E-state index contributed by atoms with van der Waals surface area (Å²) in [5, 5.41) is 20.1. The normalized spacial score (nSPS) is 36.1. The Balaban J connectivity index is 1.64. The summed E-state index contributed by atoms with van der Waals surface area (Å²) in [6.07, 6.45) is 3.97. The smallest absolute Gasteiger partial charge is 0.185 e. The number of hydrogen-bond acceptors (Lipinski definition) is 4. The van der Waals surface area contributed by atoms with Crippen LogP contribution in [0.25, 0.3) is 0 Å². The predicted molar refractivity (Wildman–Crippen MR) is 111 cm³/mol. The number of aliphatic hydroxyl groups is 1. The monoisotopic (exact) mass is 412 g/mol. The van der Waals surface area contributed by atoms with Gasteiger partial charge in [-0.3, -0.25) is 0 Å². The zero-order valence-corrected chi connectivity index (χ0v) is 17.5. The molecule has 0 heterocycles. The fourth-order valence-electron chi connectivity index (χ4n) is 6.60. The number of aliphatic hydroxyl groups excluding tert-OH is 1. The first-order chi connectivity index (χ1) is 13.8. The van der Waals surface area contributed by atoms with E-state index in [1.807, 2.05) is 12.1 Å². The molecule has 2 saturated carbocycles. The SMILES string of the molecule is C[C@]12CC[C@@H]3c4ccc(O)cc4C(S(=O)(=O)c4ccccc4)C[C@H]3[C@@H]1CC[C@@H]2O. The molecule has 5 rings (SSSR count). The van der Waals surface area contributed by atoms with Crippen LogP contribution in [0.4, 0.5) is 0 Å². The lowest BCUT2D eigenvalue weighted by Crippen LogP contribution is -2.45. The third-order valence-electron chi connectivity index (χ3n) is 8.14. The van der Waals surface area contributed by atoms with Gasteiger partial charge in [0.25, 0.3) is 0 Å². The van der Waals surface area contributed by atoms with Crippen molar-refractivity contribution in [2.75, 3.05) is 0 Å². The summed E-state index contributed by atoms with van der Waals surface area (Å²) >= 11 is 0. The van der Waals surface area contributed by atoms with E-state index < -0.39 is 15.1 Å². The van der Waals surface area contributed by atoms with Crippen molar-refractivity contribution in [2.24, 2.45) is 17.3 Å². The molecule has 0 saturated heterocycles. The Morgan fingerprint density at radius 3 is 2.52 bits per heavy atom. The summed E-state index contributed by atoms with van der Waals surface area (Å²) in [5.74, 6) is 1.00. The Morgan fingerprint density at radius 1 is 1.00 bits per heavy atom. The van der Waals surface area contributed by atoms with Gasteiger partial charge >= 0.3 is 0 Å². The molecule has 0 aromatic heterocycles. The summed E-state index contributed by atoms with van der Waals surface area (Å²) in [6.45, 7) is 2.19. The molecule has 0 amide bonds. The first-order valence-corrected chi connectivity index (χ1v) is 12.2. The number of phenols is 1. The van der Waals surface area contributed by atoms with Crippen molar-refractivity contribution < 1.29 is 18.6 Å². The van der Waals surface area contributed by atoms with Gasteiger partial charge in [-0.05, 0) is 90.7 Å². The molecule has 2 N–H and O–H groups in total. The molecule has 0 bridgehead atoms. The van der Waals surface area contributed by atoms with Crippen LogP contribution in [0.3, 0.4) is 0 Å². The van der Waals surface area contributed by atoms with Crippen LogP contribution < -0.4 is 0 Å². The van der Waals surface area contributed by atoms with Crippen LogP contribution in [0, 0.1) is 17.3 Å². The number of benzene rings is 2. The minimum Gasteiger partial charge on any atom is -0.508 e. The minimum absolute atomic E-state index is 0.114. The highest BCUT2D eigenvalue weighted by Gasteiger charge is 2.56. The average Bonchev–Trinajstić information content (AvgIpc) is 3.02. The van der Waals surface area contributed by atoms with Crippen LogP contribution in [0.5, 0.6) is 5.75 Å². The van der Waals surface area contributed by atoms with Crippen molar-refractivity contribution in [3.8, 4) is 5.75 Å². The van der Waals surface area contributed by atoms with Gasteiger partial charge in [0.2, 0.25) is 0 Å². The summed E-state index contributed by atoms with van der Waals surface area (Å²) in [6, 6.07) is 13.9. The van der Waals surface area contributed by atoms with Crippen molar-refractivity contribution in [3.05, 3.63) is 59.7 Å². The highest BCUT2D eigenvalue weighted by atomic mass is 32.2. The molecule has 6 atom stereocenters. The van der Waals surface area contributed by atoms with Gasteiger partial charge in [-0.2, -0.15) is 0 Å². The van der Waals surface area contributed by atoms with Crippen LogP contribution in [0.15, 0.2) is 53.4 Å². The topological polar surface area (TPSA) is 74.6 Å². The molecule has 0 aliphatic heterocycles. The highest BCUT2D eigenvalue weighted by Crippen LogP contribution is 2.63. The first-order valence-electron chi connectivity index (χ1n) is 10.6. The molecule has 2 aromatic rings. The maximum absolute atomic E-state index is 13.6. The number of rotatable bonds is 2. The predicted octanol–water partition coefficient (Wildman–Crippen LogP) is 4.58. The van der Waals surface area contributed by atoms with Crippen LogP contribution in [-0.4, -0.2) is 24.7 Å². The second kappa shape index (κ2) is 6.58. The van der Waals surface area contributed by atoms with E-state index in [1.54, 1.807) is 36.4 Å². The van der Waals surface area contributed by atoms with Gasteiger partial charge < -0.3 is 10.2 Å². The summed E-state index contributed by atoms with van der Waals surface area (Å²) in [7, 11) is -3.58. The van der Waals surface area contributed by atoms with E-state index in [1.165, 1.54) is 0 Å². The zero-order valence-electron chi connectivity index (χ0n) is 16.7. The molecule has 29 heavy (non-hydrogen) atoms. The van der Waals surface area contributed by atoms with Crippen LogP contribution in [0.1, 0.15) is 61.3 Å². The average molecular weight is 413 g/mol. The highest BCUT2D eigenvalue weighted by molar-refractivity contribution is 7.91. The van der Waals surface area contributed by atoms with E-state index in [2.05, 4.69) is 6.92 Å². The Labute approximate surface area is 172 Å². The largest absolute Gasteiger partial charge is 0.508 e. The molecule has 2 aromatic carbocycles. The molecule has 1 unspecified atom stereocenters. The lowest BCUT2D eigenvalue weighted by molar-refractivity contribution is -0.0230. The maximum Gasteiger partial charge on any atom is 0.185 e. The van der Waals surface area contributed by atoms with Crippen molar-refractivity contribution >= 4 is 9.84 Å². The molecule has 154 valence electrons. The van der Waals surface area contributed by atoms with Crippen LogP contribution in [-0.2, 0) is 9.84 Å². The van der Waals surface area contributed by atoms with Gasteiger partial charge in [-0.25, -0.2) is 8.42 Å². The van der Waals surface area contributed by atoms with Gasteiger partial charge in [0.1, 0.15) is 5.75 Å². The molecule has 4 nitrogen and oxygen atoms in total. The van der Waals surface area contributed by atoms with Crippen LogP contribution >= 0.6 is 0 Å². The van der Waals surface area contributed by atoms with Gasteiger partial charge in [0.05, 0.1) is 16.2 Å². The van der Waals surface area contributed by atoms with Crippen molar-refractivity contribution in [1.29, 1.82) is 0 Å². The Hall–Kier alpha value is -1.85. The van der Waals surface area contributed by atoms with E-state index in [-0.39, 0.29) is 23.2 Å². The van der Waals surface area contributed by atoms with Crippen molar-refractivity contribution in [2.45, 2.75) is 61.2 Å². The molecular weight excluding hydrogens is 384 g/mol. The number of fused-ring (bicyclic) bond motifs is 5. The lowest BCUT2D eigenvalue weighted by atomic mass is 9.55. The molecule has 2 fully saturated rings. The molecule has 0 radical (unpaired) electrons. The third kappa shape index (κ3) is 2.77. The second-order valence-electron chi connectivity index (χ2n) is 9.41. The first kappa shape index (κ1) is 19.1. The van der Waals surface area contributed by atoms with E-state index in [0.717, 1.165) is 36.8 Å². The maximum atomic E-state index is 13.6. The number of phenolic OH excluding ortho intramolecular Hbond substituents is 1. The Bertz CT molecular complexity index is 1030.